The summed E-state index contributed by atoms with van der Waals surface area (Å²) in [5.74, 6) is 0.609. The smallest absolute Gasteiger partial charge is 0.338 e. The highest BCUT2D eigenvalue weighted by molar-refractivity contribution is 7.80. The third-order valence-corrected chi connectivity index (χ3v) is 7.31. The van der Waals surface area contributed by atoms with E-state index in [0.29, 0.717) is 34.3 Å². The van der Waals surface area contributed by atoms with Crippen LogP contribution in [0.1, 0.15) is 51.4 Å². The molecule has 1 fully saturated rings. The van der Waals surface area contributed by atoms with Crippen molar-refractivity contribution < 1.29 is 18.7 Å². The Morgan fingerprint density at radius 3 is 2.65 bits per heavy atom. The van der Waals surface area contributed by atoms with Crippen LogP contribution < -0.4 is 10.6 Å². The summed E-state index contributed by atoms with van der Waals surface area (Å²) in [6, 6.07) is 21.9. The summed E-state index contributed by atoms with van der Waals surface area (Å²) in [6.45, 7) is 4.33. The minimum absolute atomic E-state index is 0.108. The Morgan fingerprint density at radius 1 is 1.07 bits per heavy atom. The van der Waals surface area contributed by atoms with E-state index in [-0.39, 0.29) is 24.4 Å². The molecule has 1 saturated heterocycles. The van der Waals surface area contributed by atoms with Crippen LogP contribution in [0.5, 0.6) is 0 Å². The number of methoxy groups -OCH3 is 1. The molecule has 3 heterocycles. The molecule has 0 bridgehead atoms. The maximum absolute atomic E-state index is 13.0. The lowest BCUT2D eigenvalue weighted by Crippen LogP contribution is -2.32. The van der Waals surface area contributed by atoms with Crippen LogP contribution in [0.25, 0.3) is 11.3 Å². The van der Waals surface area contributed by atoms with Crippen molar-refractivity contribution in [3.8, 4) is 11.3 Å². The molecule has 5 rings (SSSR count). The maximum Gasteiger partial charge on any atom is 0.338 e. The quantitative estimate of drug-likeness (QED) is 0.210. The SMILES string of the molecule is COC(=O)c1ccccc1-c1ccc([C@@H]2[C@H](c3ccccn3)NC(=S)N2CCC(=O)Nc2cc(C)ccc2C)o1. The van der Waals surface area contributed by atoms with E-state index < -0.39 is 5.97 Å². The van der Waals surface area contributed by atoms with Gasteiger partial charge in [0.1, 0.15) is 17.6 Å². The Balaban J connectivity index is 1.43. The molecule has 8 nitrogen and oxygen atoms in total. The van der Waals surface area contributed by atoms with Crippen LogP contribution >= 0.6 is 12.2 Å². The molecule has 2 atom stereocenters. The van der Waals surface area contributed by atoms with Crippen LogP contribution in [0.2, 0.25) is 0 Å². The van der Waals surface area contributed by atoms with Crippen molar-refractivity contribution in [2.75, 3.05) is 19.0 Å². The van der Waals surface area contributed by atoms with Crippen LogP contribution in [0, 0.1) is 13.8 Å². The molecular weight excluding hydrogens is 524 g/mol. The van der Waals surface area contributed by atoms with E-state index in [4.69, 9.17) is 21.4 Å². The van der Waals surface area contributed by atoms with Crippen molar-refractivity contribution in [1.82, 2.24) is 15.2 Å². The summed E-state index contributed by atoms with van der Waals surface area (Å²) in [6.07, 6.45) is 1.96. The van der Waals surface area contributed by atoms with E-state index in [2.05, 4.69) is 15.6 Å². The predicted octanol–water partition coefficient (Wildman–Crippen LogP) is 5.75. The molecule has 1 amide bonds. The minimum Gasteiger partial charge on any atom is -0.465 e. The fourth-order valence-corrected chi connectivity index (χ4v) is 5.23. The fourth-order valence-electron chi connectivity index (χ4n) is 4.90. The highest BCUT2D eigenvalue weighted by Gasteiger charge is 2.41. The highest BCUT2D eigenvalue weighted by Crippen LogP contribution is 2.41. The highest BCUT2D eigenvalue weighted by atomic mass is 32.1. The molecule has 0 unspecified atom stereocenters. The van der Waals surface area contributed by atoms with E-state index in [1.807, 2.05) is 79.4 Å². The molecule has 2 aromatic carbocycles. The van der Waals surface area contributed by atoms with Gasteiger partial charge in [-0.2, -0.15) is 0 Å². The number of esters is 1. The number of ether oxygens (including phenoxy) is 1. The van der Waals surface area contributed by atoms with E-state index in [1.165, 1.54) is 7.11 Å². The zero-order valence-corrected chi connectivity index (χ0v) is 23.3. The number of carbonyl (C=O) groups excluding carboxylic acids is 2. The number of hydrogen-bond acceptors (Lipinski definition) is 6. The van der Waals surface area contributed by atoms with Crippen molar-refractivity contribution in [3.05, 3.63) is 107 Å². The number of pyridine rings is 1. The van der Waals surface area contributed by atoms with Gasteiger partial charge in [-0.15, -0.1) is 0 Å². The van der Waals surface area contributed by atoms with Crippen LogP contribution in [0.4, 0.5) is 5.69 Å². The van der Waals surface area contributed by atoms with Gasteiger partial charge in [0, 0.05) is 30.4 Å². The number of furan rings is 1. The Kier molecular flexibility index (Phi) is 7.93. The topological polar surface area (TPSA) is 96.7 Å². The number of thiocarbonyl (C=S) groups is 1. The first-order chi connectivity index (χ1) is 19.4. The Morgan fingerprint density at radius 2 is 1.88 bits per heavy atom. The number of rotatable bonds is 8. The van der Waals surface area contributed by atoms with Crippen molar-refractivity contribution in [2.24, 2.45) is 0 Å². The molecule has 0 spiro atoms. The summed E-state index contributed by atoms with van der Waals surface area (Å²) in [4.78, 5) is 31.9. The molecule has 0 saturated carbocycles. The van der Waals surface area contributed by atoms with E-state index in [0.717, 1.165) is 22.5 Å². The second-order valence-electron chi connectivity index (χ2n) is 9.68. The second kappa shape index (κ2) is 11.7. The van der Waals surface area contributed by atoms with Crippen molar-refractivity contribution in [2.45, 2.75) is 32.4 Å². The van der Waals surface area contributed by atoms with Gasteiger partial charge in [0.05, 0.1) is 24.4 Å². The summed E-state index contributed by atoms with van der Waals surface area (Å²) in [5, 5.41) is 6.91. The molecule has 1 aliphatic heterocycles. The summed E-state index contributed by atoms with van der Waals surface area (Å²) in [5.41, 5.74) is 4.71. The first-order valence-electron chi connectivity index (χ1n) is 13.0. The normalized spacial score (nSPS) is 16.5. The standard InChI is InChI=1S/C31H30N4O4S/c1-19-11-12-20(2)24(18-19)33-27(36)15-17-35-29(28(34-31(35)40)23-10-6-7-16-32-23)26-14-13-25(39-26)21-8-4-5-9-22(21)30(37)38-3/h4-14,16,18,28-29H,15,17H2,1-3H3,(H,33,36)(H,34,40)/t28-,29+/m0/s1. The van der Waals surface area contributed by atoms with E-state index in [1.54, 1.807) is 18.3 Å². The van der Waals surface area contributed by atoms with Gasteiger partial charge in [-0.3, -0.25) is 9.78 Å². The number of benzene rings is 2. The van der Waals surface area contributed by atoms with Gasteiger partial charge >= 0.3 is 5.97 Å². The molecule has 2 N–H and O–H groups in total. The lowest BCUT2D eigenvalue weighted by atomic mass is 10.0. The molecular formula is C31H30N4O4S. The minimum atomic E-state index is -0.444. The number of amides is 1. The van der Waals surface area contributed by atoms with Gasteiger partial charge in [-0.1, -0.05) is 36.4 Å². The molecule has 40 heavy (non-hydrogen) atoms. The lowest BCUT2D eigenvalue weighted by Gasteiger charge is -2.26. The summed E-state index contributed by atoms with van der Waals surface area (Å²) < 4.78 is 11.3. The zero-order valence-electron chi connectivity index (χ0n) is 22.5. The Bertz CT molecular complexity index is 1550. The van der Waals surface area contributed by atoms with Gasteiger partial charge in [0.2, 0.25) is 5.91 Å². The molecule has 1 aliphatic rings. The average Bonchev–Trinajstić information content (AvgIpc) is 3.58. The monoisotopic (exact) mass is 554 g/mol. The van der Waals surface area contributed by atoms with Crippen LogP contribution in [-0.2, 0) is 9.53 Å². The summed E-state index contributed by atoms with van der Waals surface area (Å²) >= 11 is 5.74. The number of hydrogen-bond donors (Lipinski definition) is 2. The molecule has 0 radical (unpaired) electrons. The Hall–Kier alpha value is -4.50. The predicted molar refractivity (Wildman–Crippen MR) is 157 cm³/mol. The molecule has 2 aromatic heterocycles. The van der Waals surface area contributed by atoms with Crippen molar-refractivity contribution >= 4 is 34.9 Å². The van der Waals surface area contributed by atoms with Gasteiger partial charge < -0.3 is 24.7 Å². The first-order valence-corrected chi connectivity index (χ1v) is 13.4. The molecule has 4 aromatic rings. The van der Waals surface area contributed by atoms with Gasteiger partial charge in [-0.05, 0) is 73.6 Å². The summed E-state index contributed by atoms with van der Waals surface area (Å²) in [7, 11) is 1.35. The Labute approximate surface area is 238 Å². The maximum atomic E-state index is 13.0. The average molecular weight is 555 g/mol. The number of carbonyl (C=O) groups is 2. The second-order valence-corrected chi connectivity index (χ2v) is 10.1. The largest absolute Gasteiger partial charge is 0.465 e. The third kappa shape index (κ3) is 5.60. The number of aryl methyl sites for hydroxylation is 2. The molecule has 0 aliphatic carbocycles. The van der Waals surface area contributed by atoms with E-state index in [9.17, 15) is 9.59 Å². The number of nitrogens with zero attached hydrogens (tertiary/aromatic N) is 2. The number of anilines is 1. The fraction of sp³-hybridized carbons (Fsp3) is 0.226. The first kappa shape index (κ1) is 27.1. The van der Waals surface area contributed by atoms with Crippen LogP contribution in [0.15, 0.2) is 83.4 Å². The van der Waals surface area contributed by atoms with Crippen molar-refractivity contribution in [3.63, 3.8) is 0 Å². The van der Waals surface area contributed by atoms with Crippen LogP contribution in [0.3, 0.4) is 0 Å². The lowest BCUT2D eigenvalue weighted by molar-refractivity contribution is -0.116. The number of nitrogens with one attached hydrogen (secondary N) is 2. The van der Waals surface area contributed by atoms with Gasteiger partial charge in [-0.25, -0.2) is 4.79 Å². The van der Waals surface area contributed by atoms with E-state index >= 15 is 0 Å². The zero-order chi connectivity index (χ0) is 28.2. The third-order valence-electron chi connectivity index (χ3n) is 6.96. The van der Waals surface area contributed by atoms with Crippen molar-refractivity contribution in [1.29, 1.82) is 0 Å². The molecule has 9 heteroatoms. The molecule has 204 valence electrons. The number of aromatic nitrogens is 1. The van der Waals surface area contributed by atoms with Crippen LogP contribution in [-0.4, -0.2) is 40.5 Å². The van der Waals surface area contributed by atoms with Gasteiger partial charge in [0.15, 0.2) is 5.11 Å². The van der Waals surface area contributed by atoms with Gasteiger partial charge in [0.25, 0.3) is 0 Å².